The molecule has 1 atom stereocenters. The fourth-order valence-electron chi connectivity index (χ4n) is 5.14. The Morgan fingerprint density at radius 3 is 2.70 bits per heavy atom. The third kappa shape index (κ3) is 3.94. The van der Waals surface area contributed by atoms with Gasteiger partial charge in [-0.15, -0.1) is 0 Å². The number of carboxylic acid groups (broad SMARTS) is 1. The van der Waals surface area contributed by atoms with Crippen LogP contribution in [0.15, 0.2) is 30.5 Å². The molecule has 0 saturated carbocycles. The first-order valence-corrected chi connectivity index (χ1v) is 11.4. The van der Waals surface area contributed by atoms with E-state index in [0.29, 0.717) is 31.7 Å². The molecule has 1 saturated heterocycles. The number of aromatic nitrogens is 2. The normalized spacial score (nSPS) is 17.5. The molecule has 1 aliphatic heterocycles. The van der Waals surface area contributed by atoms with Crippen LogP contribution < -0.4 is 4.90 Å². The van der Waals surface area contributed by atoms with Crippen molar-refractivity contribution in [3.05, 3.63) is 58.4 Å². The number of fused-ring (bicyclic) bond motifs is 2. The highest BCUT2D eigenvalue weighted by Crippen LogP contribution is 2.32. The Balaban J connectivity index is 1.38. The lowest BCUT2D eigenvalue weighted by Gasteiger charge is -2.38. The maximum Gasteiger partial charge on any atom is 0.325 e. The Morgan fingerprint density at radius 1 is 1.18 bits per heavy atom. The Labute approximate surface area is 192 Å². The summed E-state index contributed by atoms with van der Waals surface area (Å²) in [6.07, 6.45) is 5.96. The molecule has 0 spiro atoms. The lowest BCUT2D eigenvalue weighted by molar-refractivity contribution is -0.143. The van der Waals surface area contributed by atoms with Crippen LogP contribution in [-0.2, 0) is 24.2 Å². The first kappa shape index (κ1) is 21.4. The summed E-state index contributed by atoms with van der Waals surface area (Å²) in [4.78, 5) is 24.4. The number of aliphatic carboxylic acids is 1. The topological polar surface area (TPSA) is 116 Å². The number of rotatable bonds is 5. The van der Waals surface area contributed by atoms with Gasteiger partial charge in [-0.25, -0.2) is 4.98 Å². The molecule has 1 fully saturated rings. The molecule has 8 nitrogen and oxygen atoms in total. The van der Waals surface area contributed by atoms with Crippen LogP contribution in [0.5, 0.6) is 0 Å². The van der Waals surface area contributed by atoms with Gasteiger partial charge < -0.3 is 20.1 Å². The minimum absolute atomic E-state index is 0.0595. The second-order valence-corrected chi connectivity index (χ2v) is 8.83. The summed E-state index contributed by atoms with van der Waals surface area (Å²) < 4.78 is 0. The number of carboxylic acids is 1. The second kappa shape index (κ2) is 8.85. The van der Waals surface area contributed by atoms with Crippen molar-refractivity contribution < 1.29 is 15.0 Å². The van der Waals surface area contributed by atoms with Crippen LogP contribution in [0.1, 0.15) is 46.8 Å². The predicted octanol–water partition coefficient (Wildman–Crippen LogP) is 2.75. The number of nitrogens with one attached hydrogen (secondary N) is 1. The molecule has 2 aromatic heterocycles. The third-order valence-corrected chi connectivity index (χ3v) is 6.87. The summed E-state index contributed by atoms with van der Waals surface area (Å²) in [6, 6.07) is 9.08. The number of H-pyrrole nitrogens is 1. The van der Waals surface area contributed by atoms with Crippen LogP contribution in [0.25, 0.3) is 10.9 Å². The predicted molar refractivity (Wildman–Crippen MR) is 124 cm³/mol. The zero-order valence-corrected chi connectivity index (χ0v) is 18.4. The van der Waals surface area contributed by atoms with Crippen molar-refractivity contribution in [2.45, 2.75) is 38.3 Å². The van der Waals surface area contributed by atoms with Crippen molar-refractivity contribution in [2.75, 3.05) is 31.1 Å². The second-order valence-electron chi connectivity index (χ2n) is 8.83. The Morgan fingerprint density at radius 2 is 1.97 bits per heavy atom. The van der Waals surface area contributed by atoms with Gasteiger partial charge in [0.2, 0.25) is 0 Å². The molecular formula is C25H27N5O3. The summed E-state index contributed by atoms with van der Waals surface area (Å²) in [5.41, 5.74) is 5.22. The number of aryl methyl sites for hydroxylation is 2. The van der Waals surface area contributed by atoms with E-state index in [0.717, 1.165) is 59.2 Å². The number of aliphatic hydroxyl groups is 1. The number of hydrogen-bond donors (Lipinski definition) is 3. The summed E-state index contributed by atoms with van der Waals surface area (Å²) in [5.74, 6) is -0.159. The summed E-state index contributed by atoms with van der Waals surface area (Å²) in [7, 11) is 0. The van der Waals surface area contributed by atoms with E-state index in [4.69, 9.17) is 4.98 Å². The molecule has 3 aromatic rings. The smallest absolute Gasteiger partial charge is 0.325 e. The zero-order valence-electron chi connectivity index (χ0n) is 18.4. The van der Waals surface area contributed by atoms with E-state index in [1.165, 1.54) is 5.56 Å². The van der Waals surface area contributed by atoms with Crippen LogP contribution in [0.4, 0.5) is 5.82 Å². The summed E-state index contributed by atoms with van der Waals surface area (Å²) in [6.45, 7) is 2.28. The van der Waals surface area contributed by atoms with Crippen molar-refractivity contribution in [1.82, 2.24) is 14.9 Å². The molecule has 33 heavy (non-hydrogen) atoms. The number of pyridine rings is 1. The molecule has 5 rings (SSSR count). The first-order chi connectivity index (χ1) is 16.1. The van der Waals surface area contributed by atoms with Crippen molar-refractivity contribution in [1.29, 1.82) is 5.26 Å². The maximum absolute atomic E-state index is 12.3. The minimum atomic E-state index is -0.889. The summed E-state index contributed by atoms with van der Waals surface area (Å²) in [5, 5.41) is 30.0. The average Bonchev–Trinajstić information content (AvgIpc) is 3.26. The van der Waals surface area contributed by atoms with Gasteiger partial charge in [-0.1, -0.05) is 12.1 Å². The molecule has 1 aliphatic carbocycles. The number of anilines is 1. The Bertz CT molecular complexity index is 1240. The minimum Gasteiger partial charge on any atom is -0.480 e. The molecule has 1 aromatic carbocycles. The van der Waals surface area contributed by atoms with Gasteiger partial charge in [-0.05, 0) is 48.9 Å². The number of carbonyl (C=O) groups is 1. The molecule has 0 unspecified atom stereocenters. The van der Waals surface area contributed by atoms with Crippen molar-refractivity contribution in [3.8, 4) is 6.07 Å². The molecule has 0 bridgehead atoms. The van der Waals surface area contributed by atoms with E-state index in [1.807, 2.05) is 29.2 Å². The lowest BCUT2D eigenvalue weighted by atomic mass is 9.94. The van der Waals surface area contributed by atoms with Crippen LogP contribution in [0.3, 0.4) is 0 Å². The van der Waals surface area contributed by atoms with Crippen LogP contribution in [0, 0.1) is 11.3 Å². The standard InChI is InChI=1S/C25H27N5O3/c26-13-18-12-17-3-1-2-4-21(17)28-24(18)30-9-7-29(8-10-30)23(25(32)33)20-14-27-22-11-16(15-31)5-6-19(20)22/h5-6,11-12,14,23,27,31H,1-4,7-10,15H2,(H,32,33)/t23-/m1/s1. The van der Waals surface area contributed by atoms with Gasteiger partial charge in [0.1, 0.15) is 17.9 Å². The van der Waals surface area contributed by atoms with Crippen LogP contribution >= 0.6 is 0 Å². The van der Waals surface area contributed by atoms with Crippen LogP contribution in [-0.4, -0.2) is 57.2 Å². The van der Waals surface area contributed by atoms with Gasteiger partial charge in [-0.2, -0.15) is 5.26 Å². The van der Waals surface area contributed by atoms with Crippen molar-refractivity contribution >= 4 is 22.7 Å². The molecule has 0 radical (unpaired) electrons. The number of hydrogen-bond acceptors (Lipinski definition) is 6. The Kier molecular flexibility index (Phi) is 5.75. The molecule has 3 heterocycles. The zero-order chi connectivity index (χ0) is 22.9. The molecule has 3 N–H and O–H groups in total. The quantitative estimate of drug-likeness (QED) is 0.553. The fraction of sp³-hybridized carbons (Fsp3) is 0.400. The molecular weight excluding hydrogens is 418 g/mol. The number of piperazine rings is 1. The van der Waals surface area contributed by atoms with Gasteiger partial charge >= 0.3 is 5.97 Å². The number of aliphatic hydroxyl groups excluding tert-OH is 1. The van der Waals surface area contributed by atoms with Gasteiger partial charge in [-0.3, -0.25) is 9.69 Å². The highest BCUT2D eigenvalue weighted by Gasteiger charge is 2.33. The van der Waals surface area contributed by atoms with E-state index in [-0.39, 0.29) is 6.61 Å². The first-order valence-electron chi connectivity index (χ1n) is 11.4. The highest BCUT2D eigenvalue weighted by atomic mass is 16.4. The number of benzene rings is 1. The van der Waals surface area contributed by atoms with Gasteiger partial charge in [0.05, 0.1) is 12.2 Å². The number of aromatic amines is 1. The fourth-order valence-corrected chi connectivity index (χ4v) is 5.14. The monoisotopic (exact) mass is 445 g/mol. The number of nitrogens with zero attached hydrogens (tertiary/aromatic N) is 4. The van der Waals surface area contributed by atoms with E-state index >= 15 is 0 Å². The third-order valence-electron chi connectivity index (χ3n) is 6.87. The van der Waals surface area contributed by atoms with Gasteiger partial charge in [0.15, 0.2) is 0 Å². The summed E-state index contributed by atoms with van der Waals surface area (Å²) >= 11 is 0. The SMILES string of the molecule is N#Cc1cc2c(nc1N1CCN([C@@H](C(=O)O)c3c[nH]c4cc(CO)ccc34)CC1)CCCC2. The van der Waals surface area contributed by atoms with Gasteiger partial charge in [0.25, 0.3) is 0 Å². The highest BCUT2D eigenvalue weighted by molar-refractivity contribution is 5.89. The van der Waals surface area contributed by atoms with Gasteiger partial charge in [0, 0.05) is 54.5 Å². The molecule has 0 amide bonds. The molecule has 8 heteroatoms. The average molecular weight is 446 g/mol. The van der Waals surface area contributed by atoms with Crippen molar-refractivity contribution in [3.63, 3.8) is 0 Å². The van der Waals surface area contributed by atoms with E-state index in [2.05, 4.69) is 16.0 Å². The van der Waals surface area contributed by atoms with Crippen molar-refractivity contribution in [2.24, 2.45) is 0 Å². The largest absolute Gasteiger partial charge is 0.480 e. The van der Waals surface area contributed by atoms with E-state index < -0.39 is 12.0 Å². The number of nitriles is 1. The maximum atomic E-state index is 12.3. The Hall–Kier alpha value is -3.41. The molecule has 2 aliphatic rings. The van der Waals surface area contributed by atoms with E-state index in [1.54, 1.807) is 6.20 Å². The molecule has 170 valence electrons. The van der Waals surface area contributed by atoms with Crippen LogP contribution in [0.2, 0.25) is 0 Å². The lowest BCUT2D eigenvalue weighted by Crippen LogP contribution is -2.49. The van der Waals surface area contributed by atoms with E-state index in [9.17, 15) is 20.3 Å².